The number of allylic oxidation sites excluding steroid dienone is 2. The van der Waals surface area contributed by atoms with E-state index in [4.69, 9.17) is 28.4 Å². The van der Waals surface area contributed by atoms with Crippen LogP contribution in [0.4, 0.5) is 0 Å². The van der Waals surface area contributed by atoms with Crippen LogP contribution in [-0.2, 0) is 28.4 Å². The third-order valence-corrected chi connectivity index (χ3v) is 18.8. The van der Waals surface area contributed by atoms with Gasteiger partial charge in [-0.25, -0.2) is 0 Å². The number of hydrogen-bond donors (Lipinski definition) is 11. The highest BCUT2D eigenvalue weighted by Crippen LogP contribution is 2.76. The average molecular weight is 931 g/mol. The van der Waals surface area contributed by atoms with Crippen molar-refractivity contribution in [2.45, 2.75) is 223 Å². The van der Waals surface area contributed by atoms with Gasteiger partial charge in [0.05, 0.1) is 31.5 Å². The predicted molar refractivity (Wildman–Crippen MR) is 232 cm³/mol. The first-order valence-corrected chi connectivity index (χ1v) is 24.3. The molecule has 65 heavy (non-hydrogen) atoms. The van der Waals surface area contributed by atoms with Gasteiger partial charge in [0, 0.05) is 0 Å². The zero-order valence-corrected chi connectivity index (χ0v) is 39.7. The fraction of sp³-hybridized carbons (Fsp3) is 0.958. The summed E-state index contributed by atoms with van der Waals surface area (Å²) in [6.07, 6.45) is -11.6. The van der Waals surface area contributed by atoms with E-state index in [2.05, 4.69) is 61.5 Å². The minimum absolute atomic E-state index is 0.0327. The van der Waals surface area contributed by atoms with Crippen LogP contribution in [0.3, 0.4) is 0 Å². The predicted octanol–water partition coefficient (Wildman–Crippen LogP) is 1.00. The molecule has 0 amide bonds. The Bertz CT molecular complexity index is 1640. The fourth-order valence-corrected chi connectivity index (χ4v) is 14.9. The molecule has 3 heterocycles. The van der Waals surface area contributed by atoms with Crippen LogP contribution in [0.15, 0.2) is 11.6 Å². The van der Waals surface area contributed by atoms with Gasteiger partial charge in [-0.2, -0.15) is 0 Å². The number of aliphatic hydroxyl groups excluding tert-OH is 11. The number of ether oxygens (including phenoxy) is 6. The van der Waals surface area contributed by atoms with Gasteiger partial charge in [0.15, 0.2) is 18.9 Å². The Kier molecular flexibility index (Phi) is 15.4. The van der Waals surface area contributed by atoms with Crippen molar-refractivity contribution in [3.63, 3.8) is 0 Å². The number of fused-ring (bicyclic) bond motifs is 5. The van der Waals surface area contributed by atoms with E-state index >= 15 is 0 Å². The third-order valence-electron chi connectivity index (χ3n) is 18.8. The molecule has 11 N–H and O–H groups in total. The average Bonchev–Trinajstić information content (AvgIpc) is 3.63. The molecule has 0 aromatic heterocycles. The maximum Gasteiger partial charge on any atom is 0.187 e. The molecular formula is C48H82O17. The van der Waals surface area contributed by atoms with E-state index in [-0.39, 0.29) is 28.1 Å². The lowest BCUT2D eigenvalue weighted by molar-refractivity contribution is -0.378. The van der Waals surface area contributed by atoms with Crippen molar-refractivity contribution in [2.24, 2.45) is 45.3 Å². The molecule has 24 atom stereocenters. The summed E-state index contributed by atoms with van der Waals surface area (Å²) in [5.74, 6) is 0.995. The van der Waals surface area contributed by atoms with Gasteiger partial charge in [0.2, 0.25) is 0 Å². The Labute approximate surface area is 384 Å². The first-order valence-electron chi connectivity index (χ1n) is 24.3. The molecule has 0 radical (unpaired) electrons. The van der Waals surface area contributed by atoms with Crippen LogP contribution < -0.4 is 0 Å². The molecule has 0 spiro atoms. The molecule has 0 unspecified atom stereocenters. The van der Waals surface area contributed by atoms with Crippen molar-refractivity contribution in [3.8, 4) is 0 Å². The van der Waals surface area contributed by atoms with Crippen LogP contribution in [0.2, 0.25) is 0 Å². The van der Waals surface area contributed by atoms with Crippen molar-refractivity contribution >= 4 is 0 Å². The Morgan fingerprint density at radius 3 is 1.71 bits per heavy atom. The van der Waals surface area contributed by atoms with E-state index in [0.29, 0.717) is 24.7 Å². The minimum Gasteiger partial charge on any atom is -0.394 e. The highest BCUT2D eigenvalue weighted by molar-refractivity contribution is 5.19. The van der Waals surface area contributed by atoms with Crippen LogP contribution in [0.25, 0.3) is 0 Å². The molecule has 0 aromatic carbocycles. The summed E-state index contributed by atoms with van der Waals surface area (Å²) < 4.78 is 37.4. The Morgan fingerprint density at radius 2 is 1.12 bits per heavy atom. The molecular weight excluding hydrogens is 849 g/mol. The normalized spacial score (nSPS) is 51.9. The SMILES string of the molecule is CC(C)=CCC[C@@](C)(O[C@H]1O[C@@H](CO)[C@H](O)[C@@H](O)[C@@H]1O)[C@@H]1CC[C@@]2(C)[C@H]1CC[C@H]1[C@]3(C)CC[C@@H](O[C@H]4O[C@@H](CO)[C@H](O)[C@@H](O)[C@@H]4O[C@H]4O[C@@H](CO)[C@H](O)[C@@H](O)[C@@H]4O)C(C)(C)[C@H]3CC[C@@]12C. The second kappa shape index (κ2) is 19.3. The Balaban J connectivity index is 1.11. The smallest absolute Gasteiger partial charge is 0.187 e. The molecule has 0 bridgehead atoms. The number of rotatable bonds is 13. The van der Waals surface area contributed by atoms with E-state index in [1.165, 1.54) is 5.57 Å². The van der Waals surface area contributed by atoms with Gasteiger partial charge in [-0.05, 0) is 130 Å². The standard InChI is InChI=1S/C48H82O17/c1-23(2)10-9-16-48(8,65-42-39(59)36(56)33(53)27(21-50)61-42)25-13-18-46(6)24(25)11-12-30-45(5)17-15-31(44(3,4)29(45)14-19-47(30,46)7)63-43-40(37(57)34(54)28(22-51)62-43)64-41-38(58)35(55)32(52)26(20-49)60-41/h10,24-43,49-59H,9,11-22H2,1-8H3/t24-,25+,26-,27-,28-,29+,30-,31+,32-,33-,34-,35+,36+,37+,38-,39-,40-,41+,42+,43+,45+,46-,47-,48+/m0/s1. The van der Waals surface area contributed by atoms with E-state index in [9.17, 15) is 56.2 Å². The van der Waals surface area contributed by atoms with Gasteiger partial charge in [-0.1, -0.05) is 46.3 Å². The van der Waals surface area contributed by atoms with Gasteiger partial charge in [-0.15, -0.1) is 0 Å². The molecule has 17 heteroatoms. The quantitative estimate of drug-likeness (QED) is 0.0908. The summed E-state index contributed by atoms with van der Waals surface area (Å²) in [6.45, 7) is 16.3. The van der Waals surface area contributed by atoms with Gasteiger partial charge in [0.1, 0.15) is 73.2 Å². The van der Waals surface area contributed by atoms with Crippen LogP contribution >= 0.6 is 0 Å². The Hall–Kier alpha value is -0.940. The van der Waals surface area contributed by atoms with Crippen molar-refractivity contribution < 1.29 is 84.6 Å². The zero-order valence-electron chi connectivity index (χ0n) is 39.7. The third kappa shape index (κ3) is 8.84. The molecule has 4 saturated carbocycles. The molecule has 4 aliphatic carbocycles. The summed E-state index contributed by atoms with van der Waals surface area (Å²) in [6, 6.07) is 0. The van der Waals surface area contributed by atoms with E-state index in [1.54, 1.807) is 0 Å². The summed E-state index contributed by atoms with van der Waals surface area (Å²) in [4.78, 5) is 0. The van der Waals surface area contributed by atoms with Gasteiger partial charge < -0.3 is 84.6 Å². The molecule has 7 aliphatic rings. The molecule has 0 aromatic rings. The maximum atomic E-state index is 11.4. The number of hydrogen-bond acceptors (Lipinski definition) is 17. The molecule has 7 fully saturated rings. The second-order valence-corrected chi connectivity index (χ2v) is 22.8. The molecule has 3 aliphatic heterocycles. The first-order chi connectivity index (χ1) is 30.4. The van der Waals surface area contributed by atoms with Crippen LogP contribution in [0.5, 0.6) is 0 Å². The van der Waals surface area contributed by atoms with Gasteiger partial charge in [0.25, 0.3) is 0 Å². The second-order valence-electron chi connectivity index (χ2n) is 22.8. The highest BCUT2D eigenvalue weighted by Gasteiger charge is 2.70. The van der Waals surface area contributed by atoms with E-state index in [1.807, 2.05) is 0 Å². The lowest BCUT2D eigenvalue weighted by Crippen LogP contribution is -2.67. The minimum atomic E-state index is -1.77. The monoisotopic (exact) mass is 931 g/mol. The van der Waals surface area contributed by atoms with Crippen LogP contribution in [-0.4, -0.2) is 180 Å². The lowest BCUT2D eigenvalue weighted by atomic mass is 9.35. The fourth-order valence-electron chi connectivity index (χ4n) is 14.9. The van der Waals surface area contributed by atoms with Gasteiger partial charge >= 0.3 is 0 Å². The van der Waals surface area contributed by atoms with Crippen LogP contribution in [0, 0.1) is 45.3 Å². The summed E-state index contributed by atoms with van der Waals surface area (Å²) in [5.41, 5.74) is -0.159. The van der Waals surface area contributed by atoms with E-state index < -0.39 is 129 Å². The van der Waals surface area contributed by atoms with Crippen molar-refractivity contribution in [1.82, 2.24) is 0 Å². The van der Waals surface area contributed by atoms with Gasteiger partial charge in [-0.3, -0.25) is 0 Å². The van der Waals surface area contributed by atoms with Crippen molar-refractivity contribution in [1.29, 1.82) is 0 Å². The van der Waals surface area contributed by atoms with Crippen molar-refractivity contribution in [2.75, 3.05) is 19.8 Å². The largest absolute Gasteiger partial charge is 0.394 e. The topological polar surface area (TPSA) is 278 Å². The zero-order chi connectivity index (χ0) is 47.8. The molecule has 17 nitrogen and oxygen atoms in total. The van der Waals surface area contributed by atoms with Crippen molar-refractivity contribution in [3.05, 3.63) is 11.6 Å². The van der Waals surface area contributed by atoms with Crippen LogP contribution in [0.1, 0.15) is 120 Å². The molecule has 3 saturated heterocycles. The highest BCUT2D eigenvalue weighted by atomic mass is 16.8. The Morgan fingerprint density at radius 1 is 0.585 bits per heavy atom. The summed E-state index contributed by atoms with van der Waals surface area (Å²) in [7, 11) is 0. The summed E-state index contributed by atoms with van der Waals surface area (Å²) in [5, 5.41) is 116. The maximum absolute atomic E-state index is 11.4. The lowest BCUT2D eigenvalue weighted by Gasteiger charge is -2.70. The number of aliphatic hydroxyl groups is 11. The summed E-state index contributed by atoms with van der Waals surface area (Å²) >= 11 is 0. The molecule has 7 rings (SSSR count). The first kappa shape index (κ1) is 51.9. The van der Waals surface area contributed by atoms with E-state index in [0.717, 1.165) is 51.4 Å². The molecule has 376 valence electrons.